The number of carbonyl (C=O) groups excluding carboxylic acids is 1. The maximum atomic E-state index is 13.1. The lowest BCUT2D eigenvalue weighted by atomic mass is 10.1. The molecule has 158 valence electrons. The summed E-state index contributed by atoms with van der Waals surface area (Å²) >= 11 is 0. The number of pyridine rings is 1. The standard InChI is InChI=1S/C26H22N4O2/c1-32-24-11-10-23(17-22(24)9-7-20-5-3-2-4-6-20)26(31)30-15-13-29(14-16-30)25-12-8-21(18-27)19-28-25/h2-6,8,10-12,17,19H,13-16H2,1H3. The Morgan fingerprint density at radius 3 is 2.41 bits per heavy atom. The van der Waals surface area contributed by atoms with Crippen molar-refractivity contribution in [1.29, 1.82) is 5.26 Å². The maximum Gasteiger partial charge on any atom is 0.254 e. The normalized spacial score (nSPS) is 13.0. The molecule has 2 heterocycles. The van der Waals surface area contributed by atoms with E-state index in [2.05, 4.69) is 27.8 Å². The molecule has 1 amide bonds. The zero-order chi connectivity index (χ0) is 22.3. The summed E-state index contributed by atoms with van der Waals surface area (Å²) in [5.74, 6) is 7.69. The molecule has 1 aliphatic rings. The first-order valence-electron chi connectivity index (χ1n) is 10.3. The van der Waals surface area contributed by atoms with Crippen molar-refractivity contribution in [3.63, 3.8) is 0 Å². The largest absolute Gasteiger partial charge is 0.495 e. The molecule has 0 aliphatic carbocycles. The van der Waals surface area contributed by atoms with E-state index in [0.29, 0.717) is 48.6 Å². The molecule has 0 bridgehead atoms. The third-order valence-electron chi connectivity index (χ3n) is 5.33. The van der Waals surface area contributed by atoms with E-state index < -0.39 is 0 Å². The van der Waals surface area contributed by atoms with Gasteiger partial charge in [-0.25, -0.2) is 4.98 Å². The molecule has 1 aromatic heterocycles. The van der Waals surface area contributed by atoms with Gasteiger partial charge in [0.15, 0.2) is 0 Å². The van der Waals surface area contributed by atoms with Crippen LogP contribution in [0.3, 0.4) is 0 Å². The number of ether oxygens (including phenoxy) is 1. The summed E-state index contributed by atoms with van der Waals surface area (Å²) in [5, 5.41) is 8.92. The fourth-order valence-electron chi connectivity index (χ4n) is 3.56. The van der Waals surface area contributed by atoms with E-state index >= 15 is 0 Å². The smallest absolute Gasteiger partial charge is 0.254 e. The average Bonchev–Trinajstić information content (AvgIpc) is 2.87. The van der Waals surface area contributed by atoms with Gasteiger partial charge < -0.3 is 14.5 Å². The van der Waals surface area contributed by atoms with Crippen molar-refractivity contribution in [2.24, 2.45) is 0 Å². The van der Waals surface area contributed by atoms with Gasteiger partial charge >= 0.3 is 0 Å². The van der Waals surface area contributed by atoms with Crippen LogP contribution in [0.25, 0.3) is 0 Å². The molecule has 0 spiro atoms. The van der Waals surface area contributed by atoms with E-state index in [1.54, 1.807) is 37.6 Å². The molecule has 2 aromatic carbocycles. The average molecular weight is 422 g/mol. The minimum Gasteiger partial charge on any atom is -0.495 e. The molecular formula is C26H22N4O2. The molecule has 4 rings (SSSR count). The van der Waals surface area contributed by atoms with Crippen molar-refractivity contribution >= 4 is 11.7 Å². The fourth-order valence-corrected chi connectivity index (χ4v) is 3.56. The van der Waals surface area contributed by atoms with E-state index in [4.69, 9.17) is 10.00 Å². The number of benzene rings is 2. The van der Waals surface area contributed by atoms with Crippen LogP contribution in [0.5, 0.6) is 5.75 Å². The van der Waals surface area contributed by atoms with Crippen molar-refractivity contribution < 1.29 is 9.53 Å². The Labute approximate surface area is 187 Å². The molecule has 0 unspecified atom stereocenters. The van der Waals surface area contributed by atoms with Crippen molar-refractivity contribution in [1.82, 2.24) is 9.88 Å². The van der Waals surface area contributed by atoms with E-state index in [1.165, 1.54) is 0 Å². The zero-order valence-corrected chi connectivity index (χ0v) is 17.8. The quantitative estimate of drug-likeness (QED) is 0.606. The molecule has 1 saturated heterocycles. The number of nitrogens with zero attached hydrogens (tertiary/aromatic N) is 4. The summed E-state index contributed by atoms with van der Waals surface area (Å²) in [6, 6.07) is 20.8. The Hall–Kier alpha value is -4.29. The van der Waals surface area contributed by atoms with Crippen LogP contribution >= 0.6 is 0 Å². The van der Waals surface area contributed by atoms with E-state index in [0.717, 1.165) is 11.4 Å². The number of aromatic nitrogens is 1. The minimum absolute atomic E-state index is 0.0251. The van der Waals surface area contributed by atoms with Gasteiger partial charge in [0.25, 0.3) is 5.91 Å². The van der Waals surface area contributed by atoms with Gasteiger partial charge in [-0.15, -0.1) is 0 Å². The highest BCUT2D eigenvalue weighted by molar-refractivity contribution is 5.95. The van der Waals surface area contributed by atoms with Gasteiger partial charge in [0.05, 0.1) is 18.2 Å². The third kappa shape index (κ3) is 4.71. The molecule has 1 aliphatic heterocycles. The molecule has 32 heavy (non-hydrogen) atoms. The lowest BCUT2D eigenvalue weighted by molar-refractivity contribution is 0.0746. The lowest BCUT2D eigenvalue weighted by Gasteiger charge is -2.35. The SMILES string of the molecule is COc1ccc(C(=O)N2CCN(c3ccc(C#N)cn3)CC2)cc1C#Cc1ccccc1. The van der Waals surface area contributed by atoms with E-state index in [-0.39, 0.29) is 5.91 Å². The highest BCUT2D eigenvalue weighted by Gasteiger charge is 2.23. The zero-order valence-electron chi connectivity index (χ0n) is 17.8. The summed E-state index contributed by atoms with van der Waals surface area (Å²) in [7, 11) is 1.60. The van der Waals surface area contributed by atoms with Crippen molar-refractivity contribution in [3.8, 4) is 23.7 Å². The maximum absolute atomic E-state index is 13.1. The van der Waals surface area contributed by atoms with Crippen molar-refractivity contribution in [2.45, 2.75) is 0 Å². The molecular weight excluding hydrogens is 400 g/mol. The molecule has 0 N–H and O–H groups in total. The lowest BCUT2D eigenvalue weighted by Crippen LogP contribution is -2.49. The van der Waals surface area contributed by atoms with Crippen LogP contribution in [0.15, 0.2) is 66.9 Å². The predicted molar refractivity (Wildman–Crippen MR) is 122 cm³/mol. The monoisotopic (exact) mass is 422 g/mol. The number of hydrogen-bond donors (Lipinski definition) is 0. The van der Waals surface area contributed by atoms with Gasteiger partial charge in [-0.05, 0) is 42.5 Å². The summed E-state index contributed by atoms with van der Waals surface area (Å²) in [6.45, 7) is 2.55. The van der Waals surface area contributed by atoms with Crippen molar-refractivity contribution in [3.05, 3.63) is 89.1 Å². The minimum atomic E-state index is -0.0251. The second kappa shape index (κ2) is 9.68. The van der Waals surface area contributed by atoms with Crippen LogP contribution in [0.2, 0.25) is 0 Å². The first kappa shape index (κ1) is 21.0. The number of anilines is 1. The second-order valence-electron chi connectivity index (χ2n) is 7.33. The number of amides is 1. The number of carbonyl (C=O) groups is 1. The Balaban J connectivity index is 1.46. The molecule has 6 heteroatoms. The van der Waals surface area contributed by atoms with Gasteiger partial charge in [-0.1, -0.05) is 30.0 Å². The van der Waals surface area contributed by atoms with Gasteiger partial charge in [-0.2, -0.15) is 5.26 Å². The number of methoxy groups -OCH3 is 1. The Kier molecular flexibility index (Phi) is 6.34. The molecule has 0 atom stereocenters. The van der Waals surface area contributed by atoms with Gasteiger partial charge in [0.1, 0.15) is 17.6 Å². The van der Waals surface area contributed by atoms with Crippen LogP contribution in [0, 0.1) is 23.2 Å². The Bertz CT molecular complexity index is 1200. The number of hydrogen-bond acceptors (Lipinski definition) is 5. The summed E-state index contributed by atoms with van der Waals surface area (Å²) in [5.41, 5.74) is 2.71. The Morgan fingerprint density at radius 1 is 0.969 bits per heavy atom. The number of rotatable bonds is 3. The van der Waals surface area contributed by atoms with E-state index in [9.17, 15) is 4.79 Å². The van der Waals surface area contributed by atoms with Crippen molar-refractivity contribution in [2.75, 3.05) is 38.2 Å². The summed E-state index contributed by atoms with van der Waals surface area (Å²) in [4.78, 5) is 21.4. The van der Waals surface area contributed by atoms with Gasteiger partial charge in [0, 0.05) is 43.5 Å². The van der Waals surface area contributed by atoms with Gasteiger partial charge in [0.2, 0.25) is 0 Å². The molecule has 0 saturated carbocycles. The van der Waals surface area contributed by atoms with Crippen LogP contribution < -0.4 is 9.64 Å². The highest BCUT2D eigenvalue weighted by Crippen LogP contribution is 2.21. The topological polar surface area (TPSA) is 69.5 Å². The predicted octanol–water partition coefficient (Wildman–Crippen LogP) is 3.32. The van der Waals surface area contributed by atoms with Crippen LogP contribution in [-0.4, -0.2) is 49.1 Å². The molecule has 0 radical (unpaired) electrons. The molecule has 6 nitrogen and oxygen atoms in total. The molecule has 3 aromatic rings. The number of nitriles is 1. The summed E-state index contributed by atoms with van der Waals surface area (Å²) in [6.07, 6.45) is 1.57. The van der Waals surface area contributed by atoms with E-state index in [1.807, 2.05) is 41.3 Å². The summed E-state index contributed by atoms with van der Waals surface area (Å²) < 4.78 is 5.43. The van der Waals surface area contributed by atoms with Crippen LogP contribution in [-0.2, 0) is 0 Å². The van der Waals surface area contributed by atoms with Crippen LogP contribution in [0.4, 0.5) is 5.82 Å². The second-order valence-corrected chi connectivity index (χ2v) is 7.33. The fraction of sp³-hybridized carbons (Fsp3) is 0.192. The highest BCUT2D eigenvalue weighted by atomic mass is 16.5. The van der Waals surface area contributed by atoms with Gasteiger partial charge in [-0.3, -0.25) is 4.79 Å². The Morgan fingerprint density at radius 2 is 1.75 bits per heavy atom. The first-order chi connectivity index (χ1) is 15.7. The van der Waals surface area contributed by atoms with Crippen LogP contribution in [0.1, 0.15) is 27.0 Å². The molecule has 1 fully saturated rings. The first-order valence-corrected chi connectivity index (χ1v) is 10.3. The number of piperazine rings is 1. The third-order valence-corrected chi connectivity index (χ3v) is 5.33.